The van der Waals surface area contributed by atoms with Crippen LogP contribution in [0, 0.1) is 5.82 Å². The number of anilines is 1. The number of aliphatic imine (C=N–C) groups is 1. The minimum Gasteiger partial charge on any atom is -0.370 e. The van der Waals surface area contributed by atoms with Crippen molar-refractivity contribution in [2.75, 3.05) is 18.5 Å². The van der Waals surface area contributed by atoms with E-state index in [2.05, 4.69) is 15.6 Å². The van der Waals surface area contributed by atoms with Crippen molar-refractivity contribution in [2.45, 2.75) is 44.0 Å². The van der Waals surface area contributed by atoms with E-state index in [9.17, 15) is 9.18 Å². The van der Waals surface area contributed by atoms with Crippen LogP contribution in [0.2, 0.25) is 0 Å². The summed E-state index contributed by atoms with van der Waals surface area (Å²) >= 11 is 0. The molecule has 4 N–H and O–H groups in total. The van der Waals surface area contributed by atoms with E-state index in [1.807, 2.05) is 0 Å². The number of nitrogens with one attached hydrogen (secondary N) is 2. The molecule has 1 unspecified atom stereocenters. The second-order valence-corrected chi connectivity index (χ2v) is 6.33. The first kappa shape index (κ1) is 17.6. The molecule has 1 heterocycles. The Hall–Kier alpha value is -2.19. The maximum absolute atomic E-state index is 12.8. The van der Waals surface area contributed by atoms with Gasteiger partial charge in [-0.15, -0.1) is 0 Å². The van der Waals surface area contributed by atoms with Gasteiger partial charge < -0.3 is 20.5 Å². The summed E-state index contributed by atoms with van der Waals surface area (Å²) in [6, 6.07) is 4.88. The molecule has 0 radical (unpaired) electrons. The summed E-state index contributed by atoms with van der Waals surface area (Å²) in [4.78, 5) is 16.0. The molecule has 2 fully saturated rings. The van der Waals surface area contributed by atoms with Crippen molar-refractivity contribution in [1.29, 1.82) is 0 Å². The van der Waals surface area contributed by atoms with Crippen LogP contribution in [0.3, 0.4) is 0 Å². The number of nitrogens with zero attached hydrogens (tertiary/aromatic N) is 1. The summed E-state index contributed by atoms with van der Waals surface area (Å²) in [6.07, 6.45) is 5.13. The van der Waals surface area contributed by atoms with Crippen molar-refractivity contribution in [1.82, 2.24) is 5.32 Å². The molecule has 25 heavy (non-hydrogen) atoms. The highest BCUT2D eigenvalue weighted by molar-refractivity contribution is 6.01. The Morgan fingerprint density at radius 3 is 2.72 bits per heavy atom. The zero-order chi connectivity index (χ0) is 17.7. The minimum absolute atomic E-state index is 0.00666. The van der Waals surface area contributed by atoms with E-state index in [1.54, 1.807) is 0 Å². The highest BCUT2D eigenvalue weighted by atomic mass is 19.1. The van der Waals surface area contributed by atoms with Gasteiger partial charge in [0.15, 0.2) is 11.7 Å². The van der Waals surface area contributed by atoms with Crippen molar-refractivity contribution < 1.29 is 18.7 Å². The number of halogens is 1. The molecular formula is C17H23FN4O3. The molecule has 1 aliphatic carbocycles. The third-order valence-corrected chi connectivity index (χ3v) is 4.34. The van der Waals surface area contributed by atoms with Gasteiger partial charge in [-0.05, 0) is 37.1 Å². The van der Waals surface area contributed by atoms with Crippen LogP contribution in [0.25, 0.3) is 0 Å². The Kier molecular flexibility index (Phi) is 5.50. The second kappa shape index (κ2) is 7.79. The van der Waals surface area contributed by atoms with E-state index < -0.39 is 11.8 Å². The maximum Gasteiger partial charge on any atom is 0.325 e. The molecule has 2 aliphatic rings. The molecule has 7 nitrogen and oxygen atoms in total. The summed E-state index contributed by atoms with van der Waals surface area (Å²) in [5.41, 5.74) is 6.18. The van der Waals surface area contributed by atoms with Crippen LogP contribution in [-0.2, 0) is 9.47 Å². The maximum atomic E-state index is 12.8. The van der Waals surface area contributed by atoms with Gasteiger partial charge in [-0.25, -0.2) is 9.18 Å². The summed E-state index contributed by atoms with van der Waals surface area (Å²) < 4.78 is 24.7. The van der Waals surface area contributed by atoms with Crippen LogP contribution in [0.4, 0.5) is 14.9 Å². The lowest BCUT2D eigenvalue weighted by atomic mass is 9.94. The zero-order valence-electron chi connectivity index (χ0n) is 14.0. The van der Waals surface area contributed by atoms with Crippen LogP contribution < -0.4 is 16.4 Å². The van der Waals surface area contributed by atoms with Gasteiger partial charge in [-0.1, -0.05) is 6.42 Å². The van der Waals surface area contributed by atoms with E-state index in [0.717, 1.165) is 25.7 Å². The first-order valence-corrected chi connectivity index (χ1v) is 8.50. The van der Waals surface area contributed by atoms with Crippen LogP contribution in [0.1, 0.15) is 32.1 Å². The highest BCUT2D eigenvalue weighted by Crippen LogP contribution is 2.37. The Morgan fingerprint density at radius 2 is 2.00 bits per heavy atom. The molecule has 0 bridgehead atoms. The molecule has 1 atom stereocenters. The summed E-state index contributed by atoms with van der Waals surface area (Å²) in [5.74, 6) is -0.824. The van der Waals surface area contributed by atoms with E-state index >= 15 is 0 Å². The van der Waals surface area contributed by atoms with Crippen molar-refractivity contribution in [3.05, 3.63) is 30.1 Å². The quantitative estimate of drug-likeness (QED) is 0.576. The van der Waals surface area contributed by atoms with E-state index in [1.165, 1.54) is 30.7 Å². The third kappa shape index (κ3) is 4.90. The van der Waals surface area contributed by atoms with E-state index in [-0.39, 0.29) is 17.9 Å². The van der Waals surface area contributed by atoms with Gasteiger partial charge in [0.2, 0.25) is 0 Å². The number of nitrogens with two attached hydrogens (primary N) is 1. The zero-order valence-corrected chi connectivity index (χ0v) is 14.0. The summed E-state index contributed by atoms with van der Waals surface area (Å²) in [5, 5.41) is 4.97. The monoisotopic (exact) mass is 350 g/mol. The molecule has 136 valence electrons. The highest BCUT2D eigenvalue weighted by Gasteiger charge is 2.42. The lowest BCUT2D eigenvalue weighted by Crippen LogP contribution is -2.40. The average Bonchev–Trinajstić information content (AvgIpc) is 2.98. The molecule has 1 saturated heterocycles. The molecule has 2 amide bonds. The lowest BCUT2D eigenvalue weighted by Gasteiger charge is -2.31. The lowest BCUT2D eigenvalue weighted by molar-refractivity contribution is -0.186. The number of hydrogen-bond acceptors (Lipinski definition) is 4. The molecular weight excluding hydrogens is 327 g/mol. The van der Waals surface area contributed by atoms with Crippen molar-refractivity contribution >= 4 is 17.7 Å². The Bertz CT molecular complexity index is 629. The number of carbonyl (C=O) groups excluding carboxylic acids is 1. The standard InChI is InChI=1S/C17H23FN4O3/c18-12-4-6-13(7-5-12)21-16(23)22-15(19)20-10-14-11-24-17(25-14)8-2-1-3-9-17/h4-7,14H,1-3,8-11H2,(H4,19,20,21,22,23). The SMILES string of the molecule is NC(=NCC1COC2(CCCCC2)O1)NC(=O)Nc1ccc(F)cc1. The van der Waals surface area contributed by atoms with Crippen LogP contribution >= 0.6 is 0 Å². The smallest absolute Gasteiger partial charge is 0.325 e. The number of ether oxygens (including phenoxy) is 2. The fourth-order valence-corrected chi connectivity index (χ4v) is 3.11. The molecule has 1 aromatic rings. The van der Waals surface area contributed by atoms with Gasteiger partial charge in [0.1, 0.15) is 11.9 Å². The topological polar surface area (TPSA) is 98.0 Å². The van der Waals surface area contributed by atoms with E-state index in [4.69, 9.17) is 15.2 Å². The third-order valence-electron chi connectivity index (χ3n) is 4.34. The number of guanidine groups is 1. The molecule has 1 saturated carbocycles. The van der Waals surface area contributed by atoms with Gasteiger partial charge in [-0.2, -0.15) is 0 Å². The van der Waals surface area contributed by atoms with Gasteiger partial charge >= 0.3 is 6.03 Å². The number of amides is 2. The Labute approximate surface area is 145 Å². The number of rotatable bonds is 3. The van der Waals surface area contributed by atoms with Gasteiger partial charge in [0.05, 0.1) is 13.2 Å². The molecule has 0 aromatic heterocycles. The van der Waals surface area contributed by atoms with Gasteiger partial charge in [-0.3, -0.25) is 10.3 Å². The molecule has 1 spiro atoms. The Balaban J connectivity index is 1.44. The summed E-state index contributed by atoms with van der Waals surface area (Å²) in [7, 11) is 0. The van der Waals surface area contributed by atoms with Crippen LogP contribution in [0.5, 0.6) is 0 Å². The van der Waals surface area contributed by atoms with Crippen LogP contribution in [-0.4, -0.2) is 37.0 Å². The molecule has 3 rings (SSSR count). The summed E-state index contributed by atoms with van der Waals surface area (Å²) in [6.45, 7) is 0.808. The largest absolute Gasteiger partial charge is 0.370 e. The first-order chi connectivity index (χ1) is 12.0. The Morgan fingerprint density at radius 1 is 1.28 bits per heavy atom. The van der Waals surface area contributed by atoms with E-state index in [0.29, 0.717) is 18.8 Å². The average molecular weight is 350 g/mol. The number of carbonyl (C=O) groups is 1. The molecule has 8 heteroatoms. The van der Waals surface area contributed by atoms with Crippen molar-refractivity contribution in [2.24, 2.45) is 10.7 Å². The predicted octanol–water partition coefficient (Wildman–Crippen LogP) is 2.34. The number of benzene rings is 1. The van der Waals surface area contributed by atoms with Gasteiger partial charge in [0, 0.05) is 18.5 Å². The molecule has 1 aromatic carbocycles. The first-order valence-electron chi connectivity index (χ1n) is 8.50. The fraction of sp³-hybridized carbons (Fsp3) is 0.529. The second-order valence-electron chi connectivity index (χ2n) is 6.33. The number of urea groups is 1. The van der Waals surface area contributed by atoms with Gasteiger partial charge in [0.25, 0.3) is 0 Å². The van der Waals surface area contributed by atoms with Crippen molar-refractivity contribution in [3.63, 3.8) is 0 Å². The molecule has 1 aliphatic heterocycles. The van der Waals surface area contributed by atoms with Crippen LogP contribution in [0.15, 0.2) is 29.3 Å². The predicted molar refractivity (Wildman–Crippen MR) is 91.7 cm³/mol. The normalized spacial score (nSPS) is 22.8. The fourth-order valence-electron chi connectivity index (χ4n) is 3.11. The number of hydrogen-bond donors (Lipinski definition) is 3. The van der Waals surface area contributed by atoms with Crippen molar-refractivity contribution in [3.8, 4) is 0 Å². The minimum atomic E-state index is -0.541.